The van der Waals surface area contributed by atoms with Crippen LogP contribution in [0.4, 0.5) is 0 Å². The van der Waals surface area contributed by atoms with Crippen LogP contribution < -0.4 is 0 Å². The first-order chi connectivity index (χ1) is 25.4. The number of carbonyl (C=O) groups excluding carboxylic acids is 4. The summed E-state index contributed by atoms with van der Waals surface area (Å²) in [6, 6.07) is 0. The van der Waals surface area contributed by atoms with Gasteiger partial charge in [-0.3, -0.25) is 19.2 Å². The van der Waals surface area contributed by atoms with Gasteiger partial charge < -0.3 is 28.8 Å². The summed E-state index contributed by atoms with van der Waals surface area (Å²) in [6.07, 6.45) is 12.3. The van der Waals surface area contributed by atoms with E-state index in [2.05, 4.69) is 20.8 Å². The molecule has 8 fully saturated rings. The topological polar surface area (TPSA) is 135 Å². The highest BCUT2D eigenvalue weighted by Gasteiger charge is 2.65. The molecule has 0 amide bonds. The van der Waals surface area contributed by atoms with Crippen LogP contribution in [0.5, 0.6) is 0 Å². The van der Waals surface area contributed by atoms with Crippen LogP contribution in [-0.4, -0.2) is 70.2 Å². The van der Waals surface area contributed by atoms with E-state index in [-0.39, 0.29) is 58.6 Å². The molecule has 5 aliphatic carbocycles. The molecule has 0 aromatic rings. The zero-order valence-electron chi connectivity index (χ0n) is 36.2. The van der Waals surface area contributed by atoms with Crippen molar-refractivity contribution < 1.29 is 48.0 Å². The van der Waals surface area contributed by atoms with Crippen molar-refractivity contribution in [2.45, 2.75) is 214 Å². The summed E-state index contributed by atoms with van der Waals surface area (Å²) in [5, 5.41) is 10.6. The average molecular weight is 775 g/mol. The van der Waals surface area contributed by atoms with Gasteiger partial charge in [-0.25, -0.2) is 0 Å². The highest BCUT2D eigenvalue weighted by Crippen LogP contribution is 2.59. The number of hydrogen-bond donors (Lipinski definition) is 1. The third-order valence-electron chi connectivity index (χ3n) is 15.0. The standard InChI is InChI=1S/C16H26O3.C16H30O2.C13H18O5/c1-4-14(2,3)13(17)19-16-8-11-5-12(9-16)7-15(18,6-11)10-16;1-7-15(3,4)14(17)18-16(5,6)13-10-8-12(2)9-11-13;1-4-13(2,3)12(15)18-9-7-5-6-8(16-7)10(9)17-11(6)14/h11-12,18H,4-10H2,1-3H3;12-13H,7-11H2,1-6H3;6-10H,4-5H2,1-3H3. The van der Waals surface area contributed by atoms with Gasteiger partial charge in [0.05, 0.1) is 33.9 Å². The monoisotopic (exact) mass is 775 g/mol. The van der Waals surface area contributed by atoms with Crippen molar-refractivity contribution in [3.63, 3.8) is 0 Å². The Bertz CT molecular complexity index is 1410. The molecule has 8 rings (SSSR count). The molecular weight excluding hydrogens is 700 g/mol. The van der Waals surface area contributed by atoms with E-state index in [1.807, 2.05) is 62.3 Å². The lowest BCUT2D eigenvalue weighted by Gasteiger charge is -2.59. The second-order valence-electron chi connectivity index (χ2n) is 21.2. The number of ether oxygens (including phenoxy) is 5. The molecule has 314 valence electrons. The normalized spacial score (nSPS) is 37.3. The van der Waals surface area contributed by atoms with Crippen molar-refractivity contribution in [3.8, 4) is 0 Å². The van der Waals surface area contributed by atoms with Crippen LogP contribution in [0, 0.1) is 45.8 Å². The third-order valence-corrected chi connectivity index (χ3v) is 15.0. The van der Waals surface area contributed by atoms with E-state index < -0.39 is 28.6 Å². The van der Waals surface area contributed by atoms with E-state index in [0.717, 1.165) is 44.4 Å². The lowest BCUT2D eigenvalue weighted by Crippen LogP contribution is -2.61. The molecular formula is C45H74O10. The summed E-state index contributed by atoms with van der Waals surface area (Å²) in [5.41, 5.74) is -2.51. The number of hydrogen-bond acceptors (Lipinski definition) is 10. The van der Waals surface area contributed by atoms with E-state index in [0.29, 0.717) is 37.0 Å². The largest absolute Gasteiger partial charge is 0.459 e. The fourth-order valence-electron chi connectivity index (χ4n) is 10.1. The Morgan fingerprint density at radius 3 is 1.80 bits per heavy atom. The third kappa shape index (κ3) is 9.42. The number of esters is 4. The second kappa shape index (κ2) is 15.9. The Balaban J connectivity index is 0.000000158. The summed E-state index contributed by atoms with van der Waals surface area (Å²) < 4.78 is 28.3. The number of carbonyl (C=O) groups is 4. The molecule has 0 radical (unpaired) electrons. The summed E-state index contributed by atoms with van der Waals surface area (Å²) >= 11 is 0. The Morgan fingerprint density at radius 1 is 0.745 bits per heavy atom. The van der Waals surface area contributed by atoms with E-state index in [9.17, 15) is 24.3 Å². The molecule has 8 aliphatic rings. The Morgan fingerprint density at radius 2 is 1.27 bits per heavy atom. The van der Waals surface area contributed by atoms with Gasteiger partial charge in [0.25, 0.3) is 0 Å². The molecule has 3 heterocycles. The number of fused-ring (bicyclic) bond motifs is 1. The summed E-state index contributed by atoms with van der Waals surface area (Å²) in [7, 11) is 0. The molecule has 3 saturated heterocycles. The van der Waals surface area contributed by atoms with Crippen LogP contribution in [0.1, 0.15) is 173 Å². The maximum absolute atomic E-state index is 12.4. The van der Waals surface area contributed by atoms with Crippen LogP contribution in [0.3, 0.4) is 0 Å². The average Bonchev–Trinajstić information content (AvgIpc) is 3.73. The Hall–Kier alpha value is -2.20. The molecule has 10 heteroatoms. The minimum absolute atomic E-state index is 0.0476. The fourth-order valence-corrected chi connectivity index (χ4v) is 10.1. The molecule has 55 heavy (non-hydrogen) atoms. The Labute approximate surface area is 331 Å². The predicted octanol–water partition coefficient (Wildman–Crippen LogP) is 8.67. The first-order valence-corrected chi connectivity index (χ1v) is 21.6. The zero-order valence-corrected chi connectivity index (χ0v) is 36.2. The maximum atomic E-state index is 12.4. The number of aliphatic hydroxyl groups is 1. The summed E-state index contributed by atoms with van der Waals surface area (Å²) in [5.74, 6) is 1.74. The van der Waals surface area contributed by atoms with Gasteiger partial charge in [-0.05, 0) is 150 Å². The summed E-state index contributed by atoms with van der Waals surface area (Å²) in [6.45, 7) is 24.0. The quantitative estimate of drug-likeness (QED) is 0.170. The van der Waals surface area contributed by atoms with Crippen molar-refractivity contribution in [1.29, 1.82) is 0 Å². The van der Waals surface area contributed by atoms with Gasteiger partial charge in [0.1, 0.15) is 17.3 Å². The summed E-state index contributed by atoms with van der Waals surface area (Å²) in [4.78, 5) is 48.2. The highest BCUT2D eigenvalue weighted by molar-refractivity contribution is 5.79. The van der Waals surface area contributed by atoms with Gasteiger partial charge in [-0.2, -0.15) is 0 Å². The van der Waals surface area contributed by atoms with Crippen LogP contribution in [-0.2, 0) is 42.9 Å². The van der Waals surface area contributed by atoms with Crippen LogP contribution in [0.2, 0.25) is 0 Å². The molecule has 6 bridgehead atoms. The van der Waals surface area contributed by atoms with Gasteiger partial charge in [-0.1, -0.05) is 40.5 Å². The predicted molar refractivity (Wildman–Crippen MR) is 208 cm³/mol. The van der Waals surface area contributed by atoms with Crippen molar-refractivity contribution >= 4 is 23.9 Å². The Kier molecular flexibility index (Phi) is 12.7. The van der Waals surface area contributed by atoms with E-state index in [4.69, 9.17) is 23.7 Å². The van der Waals surface area contributed by atoms with Crippen LogP contribution in [0.15, 0.2) is 0 Å². The minimum Gasteiger partial charge on any atom is -0.459 e. The van der Waals surface area contributed by atoms with Crippen molar-refractivity contribution in [2.24, 2.45) is 45.8 Å². The molecule has 5 saturated carbocycles. The zero-order chi connectivity index (χ0) is 40.9. The lowest BCUT2D eigenvalue weighted by molar-refractivity contribution is -0.225. The molecule has 0 aromatic carbocycles. The van der Waals surface area contributed by atoms with Crippen molar-refractivity contribution in [2.75, 3.05) is 0 Å². The molecule has 0 spiro atoms. The second-order valence-corrected chi connectivity index (χ2v) is 21.2. The van der Waals surface area contributed by atoms with E-state index >= 15 is 0 Å². The minimum atomic E-state index is -0.555. The highest BCUT2D eigenvalue weighted by atomic mass is 16.7. The lowest BCUT2D eigenvalue weighted by atomic mass is 9.52. The van der Waals surface area contributed by atoms with Gasteiger partial charge in [0, 0.05) is 6.42 Å². The molecule has 7 unspecified atom stereocenters. The number of rotatable bonds is 10. The van der Waals surface area contributed by atoms with Crippen LogP contribution >= 0.6 is 0 Å². The fraction of sp³-hybridized carbons (Fsp3) is 0.911. The molecule has 10 nitrogen and oxygen atoms in total. The van der Waals surface area contributed by atoms with Gasteiger partial charge in [0.15, 0.2) is 12.2 Å². The van der Waals surface area contributed by atoms with Gasteiger partial charge in [-0.15, -0.1) is 0 Å². The molecule has 3 aliphatic heterocycles. The molecule has 7 atom stereocenters. The maximum Gasteiger partial charge on any atom is 0.312 e. The van der Waals surface area contributed by atoms with Crippen molar-refractivity contribution in [3.05, 3.63) is 0 Å². The smallest absolute Gasteiger partial charge is 0.312 e. The first-order valence-electron chi connectivity index (χ1n) is 21.6. The van der Waals surface area contributed by atoms with Gasteiger partial charge >= 0.3 is 23.9 Å². The molecule has 0 aromatic heterocycles. The van der Waals surface area contributed by atoms with E-state index in [1.54, 1.807) is 0 Å². The van der Waals surface area contributed by atoms with Gasteiger partial charge in [0.2, 0.25) is 0 Å². The molecule has 1 N–H and O–H groups in total. The van der Waals surface area contributed by atoms with Crippen molar-refractivity contribution in [1.82, 2.24) is 0 Å². The van der Waals surface area contributed by atoms with E-state index in [1.165, 1.54) is 32.1 Å². The SMILES string of the molecule is CCC(C)(C)C(=O)OC(C)(C)C1CCC(C)CC1.CCC(C)(C)C(=O)OC12CC3CC(CC(O)(C3)C1)C2.CCC(C)(C)C(=O)OC1C2CC3C(=O)OC1C3O2. The first kappa shape index (κ1) is 43.9. The van der Waals surface area contributed by atoms with Crippen LogP contribution in [0.25, 0.3) is 0 Å².